The van der Waals surface area contributed by atoms with Crippen molar-refractivity contribution in [1.82, 2.24) is 5.32 Å². The van der Waals surface area contributed by atoms with Crippen LogP contribution in [0.25, 0.3) is 0 Å². The molecule has 0 fully saturated rings. The third-order valence-corrected chi connectivity index (χ3v) is 2.14. The Morgan fingerprint density at radius 1 is 1.75 bits per heavy atom. The monoisotopic (exact) mass is 185 g/mol. The van der Waals surface area contributed by atoms with E-state index in [4.69, 9.17) is 4.74 Å². The lowest BCUT2D eigenvalue weighted by Crippen LogP contribution is -2.20. The standard InChI is InChI=1S/C8H11NO2S/c1-9-8(10)11-4-2-7-3-5-12-6-7/h3,5-6H,2,4H2,1H3,(H,9,10). The molecule has 4 heteroatoms. The van der Waals surface area contributed by atoms with Crippen LogP contribution in [0, 0.1) is 0 Å². The fraction of sp³-hybridized carbons (Fsp3) is 0.375. The fourth-order valence-corrected chi connectivity index (χ4v) is 1.47. The third kappa shape index (κ3) is 2.92. The van der Waals surface area contributed by atoms with E-state index in [1.807, 2.05) is 16.8 Å². The summed E-state index contributed by atoms with van der Waals surface area (Å²) in [6, 6.07) is 2.03. The molecule has 1 rings (SSSR count). The van der Waals surface area contributed by atoms with E-state index < -0.39 is 0 Å². The normalized spacial score (nSPS) is 9.42. The molecule has 0 aliphatic heterocycles. The van der Waals surface area contributed by atoms with E-state index in [-0.39, 0.29) is 6.09 Å². The van der Waals surface area contributed by atoms with Crippen molar-refractivity contribution in [3.05, 3.63) is 22.4 Å². The predicted molar refractivity (Wildman–Crippen MR) is 48.4 cm³/mol. The van der Waals surface area contributed by atoms with Gasteiger partial charge in [-0.3, -0.25) is 0 Å². The minimum Gasteiger partial charge on any atom is -0.449 e. The number of thiophene rings is 1. The van der Waals surface area contributed by atoms with Crippen LogP contribution in [0.15, 0.2) is 16.8 Å². The largest absolute Gasteiger partial charge is 0.449 e. The summed E-state index contributed by atoms with van der Waals surface area (Å²) in [5.74, 6) is 0. The summed E-state index contributed by atoms with van der Waals surface area (Å²) < 4.78 is 4.82. The van der Waals surface area contributed by atoms with Gasteiger partial charge in [-0.15, -0.1) is 0 Å². The van der Waals surface area contributed by atoms with Crippen LogP contribution in [0.5, 0.6) is 0 Å². The Labute approximate surface area is 75.4 Å². The first-order valence-corrected chi connectivity index (χ1v) is 4.63. The molecule has 12 heavy (non-hydrogen) atoms. The highest BCUT2D eigenvalue weighted by Crippen LogP contribution is 2.06. The van der Waals surface area contributed by atoms with Crippen LogP contribution in [-0.4, -0.2) is 19.7 Å². The lowest BCUT2D eigenvalue weighted by Gasteiger charge is -2.01. The molecule has 1 heterocycles. The Balaban J connectivity index is 2.15. The number of nitrogens with one attached hydrogen (secondary N) is 1. The zero-order valence-corrected chi connectivity index (χ0v) is 7.69. The average Bonchev–Trinajstić information content (AvgIpc) is 2.57. The van der Waals surface area contributed by atoms with E-state index in [1.165, 1.54) is 5.56 Å². The van der Waals surface area contributed by atoms with Crippen molar-refractivity contribution in [3.8, 4) is 0 Å². The van der Waals surface area contributed by atoms with Gasteiger partial charge in [-0.25, -0.2) is 4.79 Å². The molecule has 1 aromatic heterocycles. The molecule has 0 bridgehead atoms. The zero-order chi connectivity index (χ0) is 8.81. The Kier molecular flexibility index (Phi) is 3.60. The Bertz CT molecular complexity index is 233. The maximum Gasteiger partial charge on any atom is 0.406 e. The number of alkyl carbamates (subject to hydrolysis) is 1. The number of amides is 1. The second-order valence-corrected chi connectivity index (χ2v) is 3.05. The second kappa shape index (κ2) is 4.77. The topological polar surface area (TPSA) is 38.3 Å². The van der Waals surface area contributed by atoms with Gasteiger partial charge in [0, 0.05) is 13.5 Å². The summed E-state index contributed by atoms with van der Waals surface area (Å²) in [4.78, 5) is 10.6. The molecule has 0 unspecified atom stereocenters. The van der Waals surface area contributed by atoms with Crippen molar-refractivity contribution in [2.45, 2.75) is 6.42 Å². The number of hydrogen-bond donors (Lipinski definition) is 1. The molecule has 0 aliphatic rings. The molecular weight excluding hydrogens is 174 g/mol. The van der Waals surface area contributed by atoms with Gasteiger partial charge in [0.05, 0.1) is 6.61 Å². The van der Waals surface area contributed by atoms with Crippen molar-refractivity contribution < 1.29 is 9.53 Å². The van der Waals surface area contributed by atoms with Gasteiger partial charge in [0.15, 0.2) is 0 Å². The molecule has 0 spiro atoms. The Hall–Kier alpha value is -1.03. The number of carbonyl (C=O) groups is 1. The smallest absolute Gasteiger partial charge is 0.406 e. The highest BCUT2D eigenvalue weighted by molar-refractivity contribution is 7.07. The summed E-state index contributed by atoms with van der Waals surface area (Å²) in [6.45, 7) is 0.441. The summed E-state index contributed by atoms with van der Waals surface area (Å²) in [7, 11) is 1.55. The molecule has 0 aliphatic carbocycles. The summed E-state index contributed by atoms with van der Waals surface area (Å²) in [5.41, 5.74) is 1.21. The molecule has 1 amide bonds. The number of rotatable bonds is 3. The van der Waals surface area contributed by atoms with Crippen molar-refractivity contribution in [3.63, 3.8) is 0 Å². The van der Waals surface area contributed by atoms with Crippen LogP contribution in [0.4, 0.5) is 4.79 Å². The van der Waals surface area contributed by atoms with Gasteiger partial charge in [-0.05, 0) is 22.4 Å². The van der Waals surface area contributed by atoms with E-state index in [2.05, 4.69) is 5.32 Å². The number of carbonyl (C=O) groups excluding carboxylic acids is 1. The minimum atomic E-state index is -0.370. The zero-order valence-electron chi connectivity index (χ0n) is 6.87. The van der Waals surface area contributed by atoms with Crippen LogP contribution in [0.2, 0.25) is 0 Å². The maximum absolute atomic E-state index is 10.6. The van der Waals surface area contributed by atoms with Gasteiger partial charge in [0.25, 0.3) is 0 Å². The summed E-state index contributed by atoms with van der Waals surface area (Å²) in [5, 5.41) is 6.44. The molecule has 0 aromatic carbocycles. The molecule has 0 atom stereocenters. The maximum atomic E-state index is 10.6. The molecule has 66 valence electrons. The summed E-state index contributed by atoms with van der Waals surface area (Å²) in [6.07, 6.45) is 0.418. The van der Waals surface area contributed by atoms with Gasteiger partial charge < -0.3 is 10.1 Å². The highest BCUT2D eigenvalue weighted by Gasteiger charge is 1.97. The molecule has 0 radical (unpaired) electrons. The first-order valence-electron chi connectivity index (χ1n) is 3.68. The number of ether oxygens (including phenoxy) is 1. The van der Waals surface area contributed by atoms with Gasteiger partial charge in [-0.2, -0.15) is 11.3 Å². The Morgan fingerprint density at radius 3 is 3.17 bits per heavy atom. The van der Waals surface area contributed by atoms with Crippen molar-refractivity contribution in [1.29, 1.82) is 0 Å². The first kappa shape index (κ1) is 9.06. The van der Waals surface area contributed by atoms with Crippen molar-refractivity contribution >= 4 is 17.4 Å². The van der Waals surface area contributed by atoms with E-state index in [9.17, 15) is 4.79 Å². The Morgan fingerprint density at radius 2 is 2.58 bits per heavy atom. The lowest BCUT2D eigenvalue weighted by molar-refractivity contribution is 0.150. The molecule has 0 saturated heterocycles. The van der Waals surface area contributed by atoms with Gasteiger partial charge in [0.1, 0.15) is 0 Å². The lowest BCUT2D eigenvalue weighted by atomic mass is 10.3. The predicted octanol–water partition coefficient (Wildman–Crippen LogP) is 1.65. The molecule has 3 nitrogen and oxygen atoms in total. The van der Waals surface area contributed by atoms with Crippen LogP contribution in [0.3, 0.4) is 0 Å². The summed E-state index contributed by atoms with van der Waals surface area (Å²) >= 11 is 1.65. The van der Waals surface area contributed by atoms with Crippen molar-refractivity contribution in [2.24, 2.45) is 0 Å². The quantitative estimate of drug-likeness (QED) is 0.777. The minimum absolute atomic E-state index is 0.370. The molecule has 1 aromatic rings. The van der Waals surface area contributed by atoms with Gasteiger partial charge >= 0.3 is 6.09 Å². The fourth-order valence-electron chi connectivity index (χ4n) is 0.769. The number of hydrogen-bond acceptors (Lipinski definition) is 3. The van der Waals surface area contributed by atoms with Crippen molar-refractivity contribution in [2.75, 3.05) is 13.7 Å². The first-order chi connectivity index (χ1) is 5.83. The second-order valence-electron chi connectivity index (χ2n) is 2.27. The van der Waals surface area contributed by atoms with Crippen LogP contribution >= 0.6 is 11.3 Å². The third-order valence-electron chi connectivity index (χ3n) is 1.41. The van der Waals surface area contributed by atoms with E-state index in [0.29, 0.717) is 6.61 Å². The highest BCUT2D eigenvalue weighted by atomic mass is 32.1. The van der Waals surface area contributed by atoms with Crippen LogP contribution in [0.1, 0.15) is 5.56 Å². The van der Waals surface area contributed by atoms with E-state index in [0.717, 1.165) is 6.42 Å². The molecule has 1 N–H and O–H groups in total. The average molecular weight is 185 g/mol. The molecule has 0 saturated carbocycles. The van der Waals surface area contributed by atoms with Gasteiger partial charge in [0.2, 0.25) is 0 Å². The van der Waals surface area contributed by atoms with Gasteiger partial charge in [-0.1, -0.05) is 0 Å². The van der Waals surface area contributed by atoms with Crippen LogP contribution < -0.4 is 5.32 Å². The van der Waals surface area contributed by atoms with Crippen LogP contribution in [-0.2, 0) is 11.2 Å². The van der Waals surface area contributed by atoms with E-state index >= 15 is 0 Å². The molecular formula is C8H11NO2S. The SMILES string of the molecule is CNC(=O)OCCc1ccsc1. The van der Waals surface area contributed by atoms with E-state index in [1.54, 1.807) is 18.4 Å².